The number of esters is 1. The van der Waals surface area contributed by atoms with Crippen LogP contribution in [-0.4, -0.2) is 54.9 Å². The number of imide groups is 1. The second-order valence-electron chi connectivity index (χ2n) is 7.58. The molecule has 3 rings (SSSR count). The molecule has 1 fully saturated rings. The van der Waals surface area contributed by atoms with E-state index in [1.165, 1.54) is 17.0 Å². The number of halogens is 4. The fourth-order valence-corrected chi connectivity index (χ4v) is 3.43. The number of carbonyl (C=O) groups excluding carboxylic acids is 4. The maximum atomic E-state index is 13.8. The number of piperidine rings is 1. The van der Waals surface area contributed by atoms with E-state index in [1.807, 2.05) is 5.32 Å². The molecule has 2 aromatic rings. The first kappa shape index (κ1) is 25.7. The molecule has 1 N–H and O–H groups in total. The number of carbonyl (C=O) groups is 4. The van der Waals surface area contributed by atoms with Crippen molar-refractivity contribution in [3.8, 4) is 5.75 Å². The van der Waals surface area contributed by atoms with Crippen LogP contribution in [0.25, 0.3) is 0 Å². The van der Waals surface area contributed by atoms with E-state index in [4.69, 9.17) is 4.74 Å². The highest BCUT2D eigenvalue weighted by Crippen LogP contribution is 2.22. The van der Waals surface area contributed by atoms with Gasteiger partial charge in [0, 0.05) is 24.7 Å². The summed E-state index contributed by atoms with van der Waals surface area (Å²) in [5, 5.41) is 2.00. The fraction of sp³-hybridized carbons (Fsp3) is 0.304. The molecule has 35 heavy (non-hydrogen) atoms. The summed E-state index contributed by atoms with van der Waals surface area (Å²) in [6.45, 7) is -3.48. The van der Waals surface area contributed by atoms with Gasteiger partial charge in [-0.3, -0.25) is 24.5 Å². The molecule has 2 aromatic carbocycles. The Morgan fingerprint density at radius 2 is 1.66 bits per heavy atom. The topological polar surface area (TPSA) is 102 Å². The smallest absolute Gasteiger partial charge is 0.387 e. The van der Waals surface area contributed by atoms with Crippen LogP contribution in [0.15, 0.2) is 42.5 Å². The number of hydrogen-bond acceptors (Lipinski definition) is 6. The monoisotopic (exact) mass is 496 g/mol. The Labute approximate surface area is 196 Å². The lowest BCUT2D eigenvalue weighted by molar-refractivity contribution is -0.153. The lowest BCUT2D eigenvalue weighted by Gasteiger charge is -2.31. The van der Waals surface area contributed by atoms with Gasteiger partial charge in [-0.15, -0.1) is 0 Å². The maximum absolute atomic E-state index is 13.8. The molecule has 0 spiro atoms. The van der Waals surface area contributed by atoms with Gasteiger partial charge in [0.25, 0.3) is 17.7 Å². The quantitative estimate of drug-likeness (QED) is 0.467. The van der Waals surface area contributed by atoms with Crippen molar-refractivity contribution in [3.05, 3.63) is 65.2 Å². The first-order chi connectivity index (χ1) is 16.6. The van der Waals surface area contributed by atoms with Crippen molar-refractivity contribution in [1.29, 1.82) is 0 Å². The van der Waals surface area contributed by atoms with E-state index in [9.17, 15) is 36.7 Å². The van der Waals surface area contributed by atoms with Crippen molar-refractivity contribution in [2.45, 2.75) is 19.5 Å². The number of nitrogens with one attached hydrogen (secondary N) is 1. The zero-order valence-electron chi connectivity index (χ0n) is 18.1. The predicted octanol–water partition coefficient (Wildman–Crippen LogP) is 2.92. The molecule has 0 aliphatic carbocycles. The van der Waals surface area contributed by atoms with Crippen molar-refractivity contribution in [3.63, 3.8) is 0 Å². The second-order valence-corrected chi connectivity index (χ2v) is 7.58. The molecule has 0 saturated carbocycles. The van der Waals surface area contributed by atoms with Gasteiger partial charge in [-0.1, -0.05) is 0 Å². The van der Waals surface area contributed by atoms with Crippen LogP contribution in [0.5, 0.6) is 5.75 Å². The predicted molar refractivity (Wildman–Crippen MR) is 111 cm³/mol. The Morgan fingerprint density at radius 3 is 2.26 bits per heavy atom. The summed E-state index contributed by atoms with van der Waals surface area (Å²) in [6.07, 6.45) is 0.419. The van der Waals surface area contributed by atoms with E-state index in [1.54, 1.807) is 0 Å². The first-order valence-corrected chi connectivity index (χ1v) is 10.4. The van der Waals surface area contributed by atoms with Crippen LogP contribution in [0.2, 0.25) is 0 Å². The molecule has 0 bridgehead atoms. The van der Waals surface area contributed by atoms with Crippen LogP contribution in [0, 0.1) is 17.6 Å². The van der Waals surface area contributed by atoms with E-state index in [0.717, 1.165) is 24.3 Å². The zero-order valence-corrected chi connectivity index (χ0v) is 18.1. The highest BCUT2D eigenvalue weighted by Gasteiger charge is 2.30. The number of amides is 3. The van der Waals surface area contributed by atoms with E-state index in [0.29, 0.717) is 6.07 Å². The molecule has 1 saturated heterocycles. The van der Waals surface area contributed by atoms with Crippen LogP contribution in [0.3, 0.4) is 0 Å². The number of hydrogen-bond donors (Lipinski definition) is 1. The van der Waals surface area contributed by atoms with E-state index < -0.39 is 54.5 Å². The number of rotatable bonds is 7. The number of nitrogens with zero attached hydrogens (tertiary/aromatic N) is 1. The number of alkyl halides is 2. The van der Waals surface area contributed by atoms with Crippen molar-refractivity contribution in [2.24, 2.45) is 5.92 Å². The van der Waals surface area contributed by atoms with Gasteiger partial charge in [-0.25, -0.2) is 8.78 Å². The normalized spacial score (nSPS) is 13.9. The lowest BCUT2D eigenvalue weighted by Crippen LogP contribution is -2.41. The molecule has 3 amide bonds. The largest absolute Gasteiger partial charge is 0.455 e. The summed E-state index contributed by atoms with van der Waals surface area (Å²) in [6, 6.07) is 7.27. The minimum Gasteiger partial charge on any atom is -0.455 e. The molecule has 1 aliphatic rings. The molecule has 8 nitrogen and oxygen atoms in total. The molecular weight excluding hydrogens is 476 g/mol. The molecule has 1 heterocycles. The Balaban J connectivity index is 1.42. The van der Waals surface area contributed by atoms with Crippen LogP contribution >= 0.6 is 0 Å². The SMILES string of the molecule is O=C(COC(=O)C1CCN(C(=O)c2ccc(F)cc2F)CC1)NC(=O)c1ccc(OC(F)F)cc1. The Hall–Kier alpha value is -3.96. The van der Waals surface area contributed by atoms with Gasteiger partial charge in [0.15, 0.2) is 6.61 Å². The summed E-state index contributed by atoms with van der Waals surface area (Å²) >= 11 is 0. The first-order valence-electron chi connectivity index (χ1n) is 10.4. The molecule has 0 atom stereocenters. The maximum Gasteiger partial charge on any atom is 0.387 e. The molecule has 186 valence electrons. The molecule has 12 heteroatoms. The minimum absolute atomic E-state index is 0.000855. The van der Waals surface area contributed by atoms with E-state index in [-0.39, 0.29) is 42.8 Å². The van der Waals surface area contributed by atoms with Crippen LogP contribution in [0.4, 0.5) is 17.6 Å². The van der Waals surface area contributed by atoms with Crippen molar-refractivity contribution in [2.75, 3.05) is 19.7 Å². The van der Waals surface area contributed by atoms with E-state index >= 15 is 0 Å². The molecule has 0 unspecified atom stereocenters. The third kappa shape index (κ3) is 7.01. The lowest BCUT2D eigenvalue weighted by atomic mass is 9.96. The van der Waals surface area contributed by atoms with Crippen LogP contribution < -0.4 is 10.1 Å². The van der Waals surface area contributed by atoms with Gasteiger partial charge in [0.1, 0.15) is 17.4 Å². The van der Waals surface area contributed by atoms with Gasteiger partial charge >= 0.3 is 12.6 Å². The summed E-state index contributed by atoms with van der Waals surface area (Å²) in [4.78, 5) is 50.0. The minimum atomic E-state index is -3.02. The highest BCUT2D eigenvalue weighted by molar-refractivity contribution is 6.05. The zero-order chi connectivity index (χ0) is 25.5. The molecule has 1 aliphatic heterocycles. The van der Waals surface area contributed by atoms with Crippen molar-refractivity contribution < 1.29 is 46.2 Å². The van der Waals surface area contributed by atoms with Gasteiger partial charge < -0.3 is 14.4 Å². The third-order valence-electron chi connectivity index (χ3n) is 5.22. The number of likely N-dealkylation sites (tertiary alicyclic amines) is 1. The Kier molecular flexibility index (Phi) is 8.39. The average molecular weight is 496 g/mol. The average Bonchev–Trinajstić information content (AvgIpc) is 2.82. The summed E-state index contributed by atoms with van der Waals surface area (Å²) in [5.74, 6) is -5.58. The summed E-state index contributed by atoms with van der Waals surface area (Å²) in [5.41, 5.74) is -0.272. The number of ether oxygens (including phenoxy) is 2. The Morgan fingerprint density at radius 1 is 1.00 bits per heavy atom. The van der Waals surface area contributed by atoms with Crippen molar-refractivity contribution >= 4 is 23.7 Å². The Bertz CT molecular complexity index is 1100. The van der Waals surface area contributed by atoms with E-state index in [2.05, 4.69) is 4.74 Å². The number of benzene rings is 2. The highest BCUT2D eigenvalue weighted by atomic mass is 19.3. The standard InChI is InChI=1S/C23H20F4N2O6/c24-15-3-6-17(18(25)11-15)21(32)29-9-7-14(8-10-29)22(33)34-12-19(30)28-20(31)13-1-4-16(5-2-13)35-23(26)27/h1-6,11,14,23H,7-10,12H2,(H,28,30,31). The van der Waals surface area contributed by atoms with Gasteiger partial charge in [0.2, 0.25) is 0 Å². The molecule has 0 aromatic heterocycles. The van der Waals surface area contributed by atoms with Crippen LogP contribution in [-0.2, 0) is 14.3 Å². The fourth-order valence-electron chi connectivity index (χ4n) is 3.43. The summed E-state index contributed by atoms with van der Waals surface area (Å²) < 4.78 is 60.3. The van der Waals surface area contributed by atoms with Crippen LogP contribution in [0.1, 0.15) is 33.6 Å². The van der Waals surface area contributed by atoms with Gasteiger partial charge in [0.05, 0.1) is 11.5 Å². The van der Waals surface area contributed by atoms with Crippen molar-refractivity contribution in [1.82, 2.24) is 10.2 Å². The van der Waals surface area contributed by atoms with Gasteiger partial charge in [-0.05, 0) is 49.2 Å². The third-order valence-corrected chi connectivity index (χ3v) is 5.22. The molecular formula is C23H20F4N2O6. The molecule has 0 radical (unpaired) electrons. The van der Waals surface area contributed by atoms with Gasteiger partial charge in [-0.2, -0.15) is 8.78 Å². The summed E-state index contributed by atoms with van der Waals surface area (Å²) in [7, 11) is 0. The second kappa shape index (κ2) is 11.4.